The number of carboxylic acids is 1. The minimum absolute atomic E-state index is 0.0810. The van der Waals surface area contributed by atoms with Crippen molar-refractivity contribution in [2.24, 2.45) is 5.92 Å². The van der Waals surface area contributed by atoms with E-state index in [1.165, 1.54) is 24.3 Å². The summed E-state index contributed by atoms with van der Waals surface area (Å²) in [4.78, 5) is 36.5. The Hall–Kier alpha value is -3.48. The highest BCUT2D eigenvalue weighted by Crippen LogP contribution is 2.12. The van der Waals surface area contributed by atoms with Crippen molar-refractivity contribution < 1.29 is 23.9 Å². The number of carbonyl (C=O) groups is 3. The van der Waals surface area contributed by atoms with Gasteiger partial charge in [0.1, 0.15) is 17.6 Å². The van der Waals surface area contributed by atoms with E-state index in [0.717, 1.165) is 0 Å². The van der Waals surface area contributed by atoms with E-state index in [2.05, 4.69) is 10.6 Å². The molecule has 0 aliphatic rings. The number of aliphatic carboxylic acids is 1. The van der Waals surface area contributed by atoms with Crippen molar-refractivity contribution in [3.63, 3.8) is 0 Å². The van der Waals surface area contributed by atoms with Crippen LogP contribution >= 0.6 is 0 Å². The van der Waals surface area contributed by atoms with Crippen molar-refractivity contribution in [1.82, 2.24) is 10.6 Å². The van der Waals surface area contributed by atoms with E-state index in [4.69, 9.17) is 0 Å². The quantitative estimate of drug-likeness (QED) is 0.640. The summed E-state index contributed by atoms with van der Waals surface area (Å²) in [5.41, 5.74) is 0.122. The SMILES string of the molecule is CC(C)[C@@H](NC(=O)/C(=C/c1ccccc1F)NC(=O)c1ccccc1)C(=O)O. The molecule has 0 spiro atoms. The molecule has 0 saturated carbocycles. The number of carbonyl (C=O) groups excluding carboxylic acids is 2. The lowest BCUT2D eigenvalue weighted by Crippen LogP contribution is -2.47. The molecule has 0 radical (unpaired) electrons. The molecule has 0 aliphatic heterocycles. The van der Waals surface area contributed by atoms with Crippen molar-refractivity contribution in [3.05, 3.63) is 77.2 Å². The molecular formula is C21H21FN2O4. The number of hydrogen-bond donors (Lipinski definition) is 3. The van der Waals surface area contributed by atoms with Crippen molar-refractivity contribution in [3.8, 4) is 0 Å². The maximum atomic E-state index is 14.0. The monoisotopic (exact) mass is 384 g/mol. The van der Waals surface area contributed by atoms with Crippen molar-refractivity contribution in [2.75, 3.05) is 0 Å². The van der Waals surface area contributed by atoms with Gasteiger partial charge in [0.05, 0.1) is 0 Å². The van der Waals surface area contributed by atoms with Crippen LogP contribution in [0.3, 0.4) is 0 Å². The summed E-state index contributed by atoms with van der Waals surface area (Å²) in [5, 5.41) is 14.1. The molecule has 0 fully saturated rings. The molecule has 0 heterocycles. The first-order chi connectivity index (χ1) is 13.3. The second-order valence-corrected chi connectivity index (χ2v) is 6.43. The van der Waals surface area contributed by atoms with Gasteiger partial charge < -0.3 is 15.7 Å². The van der Waals surface area contributed by atoms with Crippen LogP contribution < -0.4 is 10.6 Å². The predicted octanol–water partition coefficient (Wildman–Crippen LogP) is 2.82. The molecule has 2 aromatic rings. The van der Waals surface area contributed by atoms with E-state index in [9.17, 15) is 23.9 Å². The van der Waals surface area contributed by atoms with Gasteiger partial charge in [0.25, 0.3) is 11.8 Å². The van der Waals surface area contributed by atoms with E-state index in [-0.39, 0.29) is 17.2 Å². The average molecular weight is 384 g/mol. The summed E-state index contributed by atoms with van der Waals surface area (Å²) < 4.78 is 14.0. The molecule has 6 nitrogen and oxygen atoms in total. The lowest BCUT2D eigenvalue weighted by atomic mass is 10.0. The highest BCUT2D eigenvalue weighted by molar-refractivity contribution is 6.06. The lowest BCUT2D eigenvalue weighted by molar-refractivity contribution is -0.142. The van der Waals surface area contributed by atoms with Crippen molar-refractivity contribution >= 4 is 23.9 Å². The fourth-order valence-corrected chi connectivity index (χ4v) is 2.42. The number of halogens is 1. The average Bonchev–Trinajstić information content (AvgIpc) is 2.67. The highest BCUT2D eigenvalue weighted by atomic mass is 19.1. The topological polar surface area (TPSA) is 95.5 Å². The first-order valence-corrected chi connectivity index (χ1v) is 8.66. The summed E-state index contributed by atoms with van der Waals surface area (Å²) >= 11 is 0. The number of nitrogens with one attached hydrogen (secondary N) is 2. The van der Waals surface area contributed by atoms with Crippen LogP contribution in [0.25, 0.3) is 6.08 Å². The number of rotatable bonds is 7. The van der Waals surface area contributed by atoms with Crippen LogP contribution in [0.5, 0.6) is 0 Å². The van der Waals surface area contributed by atoms with Gasteiger partial charge >= 0.3 is 5.97 Å². The van der Waals surface area contributed by atoms with Gasteiger partial charge in [-0.1, -0.05) is 50.2 Å². The molecule has 0 aliphatic carbocycles. The molecule has 2 aromatic carbocycles. The van der Waals surface area contributed by atoms with E-state index in [1.54, 1.807) is 50.2 Å². The van der Waals surface area contributed by atoms with Gasteiger partial charge in [-0.05, 0) is 30.2 Å². The van der Waals surface area contributed by atoms with E-state index < -0.39 is 29.6 Å². The molecule has 2 amide bonds. The standard InChI is InChI=1S/C21H21FN2O4/c1-13(2)18(21(27)28)24-20(26)17(12-15-10-6-7-11-16(15)22)23-19(25)14-8-4-3-5-9-14/h3-13,18H,1-2H3,(H,23,25)(H,24,26)(H,27,28)/b17-12-/t18-/m1/s1. The fourth-order valence-electron chi connectivity index (χ4n) is 2.42. The second kappa shape index (κ2) is 9.45. The largest absolute Gasteiger partial charge is 0.480 e. The van der Waals surface area contributed by atoms with Gasteiger partial charge in [0.15, 0.2) is 0 Å². The predicted molar refractivity (Wildman–Crippen MR) is 103 cm³/mol. The molecule has 3 N–H and O–H groups in total. The van der Waals surface area contributed by atoms with Crippen molar-refractivity contribution in [2.45, 2.75) is 19.9 Å². The van der Waals surface area contributed by atoms with Crippen LogP contribution in [-0.4, -0.2) is 28.9 Å². The molecule has 0 saturated heterocycles. The third-order valence-corrected chi connectivity index (χ3v) is 3.95. The minimum atomic E-state index is -1.21. The Balaban J connectivity index is 2.35. The van der Waals surface area contributed by atoms with Crippen LogP contribution in [0, 0.1) is 11.7 Å². The fraction of sp³-hybridized carbons (Fsp3) is 0.190. The van der Waals surface area contributed by atoms with Gasteiger partial charge in [-0.15, -0.1) is 0 Å². The summed E-state index contributed by atoms with van der Waals surface area (Å²) in [6.45, 7) is 3.28. The summed E-state index contributed by atoms with van der Waals surface area (Å²) in [6.07, 6.45) is 1.17. The molecule has 7 heteroatoms. The first kappa shape index (κ1) is 20.8. The van der Waals surface area contributed by atoms with Crippen LogP contribution in [0.4, 0.5) is 4.39 Å². The Bertz CT molecular complexity index is 894. The third-order valence-electron chi connectivity index (χ3n) is 3.95. The van der Waals surface area contributed by atoms with E-state index in [1.807, 2.05) is 0 Å². The molecule has 28 heavy (non-hydrogen) atoms. The number of hydrogen-bond acceptors (Lipinski definition) is 3. The van der Waals surface area contributed by atoms with E-state index in [0.29, 0.717) is 5.56 Å². The molecule has 1 atom stereocenters. The smallest absolute Gasteiger partial charge is 0.326 e. The Kier molecular flexibility index (Phi) is 7.03. The van der Waals surface area contributed by atoms with Crippen molar-refractivity contribution in [1.29, 1.82) is 0 Å². The summed E-state index contributed by atoms with van der Waals surface area (Å²) in [5.74, 6) is -3.58. The van der Waals surface area contributed by atoms with E-state index >= 15 is 0 Å². The zero-order valence-electron chi connectivity index (χ0n) is 15.5. The molecule has 0 unspecified atom stereocenters. The van der Waals surface area contributed by atoms with Gasteiger partial charge in [-0.25, -0.2) is 9.18 Å². The normalized spacial score (nSPS) is 12.4. The summed E-state index contributed by atoms with van der Waals surface area (Å²) in [7, 11) is 0. The second-order valence-electron chi connectivity index (χ2n) is 6.43. The van der Waals surface area contributed by atoms with Gasteiger partial charge in [0, 0.05) is 11.1 Å². The maximum absolute atomic E-state index is 14.0. The highest BCUT2D eigenvalue weighted by Gasteiger charge is 2.26. The molecule has 0 bridgehead atoms. The van der Waals surface area contributed by atoms with Crippen LogP contribution in [0.2, 0.25) is 0 Å². The molecule has 0 aromatic heterocycles. The van der Waals surface area contributed by atoms with Gasteiger partial charge in [-0.2, -0.15) is 0 Å². The van der Waals surface area contributed by atoms with Crippen LogP contribution in [0.1, 0.15) is 29.8 Å². The van der Waals surface area contributed by atoms with Gasteiger partial charge in [-0.3, -0.25) is 9.59 Å². The minimum Gasteiger partial charge on any atom is -0.480 e. The Morgan fingerprint density at radius 3 is 2.18 bits per heavy atom. The zero-order chi connectivity index (χ0) is 20.7. The van der Waals surface area contributed by atoms with Gasteiger partial charge in [0.2, 0.25) is 0 Å². The molecular weight excluding hydrogens is 363 g/mol. The van der Waals surface area contributed by atoms with Crippen LogP contribution in [-0.2, 0) is 9.59 Å². The Labute approximate surface area is 162 Å². The summed E-state index contributed by atoms with van der Waals surface area (Å²) in [6, 6.07) is 12.7. The lowest BCUT2D eigenvalue weighted by Gasteiger charge is -2.19. The molecule has 2 rings (SSSR count). The zero-order valence-corrected chi connectivity index (χ0v) is 15.5. The number of benzene rings is 2. The van der Waals surface area contributed by atoms with Crippen LogP contribution in [0.15, 0.2) is 60.3 Å². The third kappa shape index (κ3) is 5.51. The Morgan fingerprint density at radius 2 is 1.61 bits per heavy atom. The first-order valence-electron chi connectivity index (χ1n) is 8.66. The molecule has 146 valence electrons. The Morgan fingerprint density at radius 1 is 1.00 bits per heavy atom. The maximum Gasteiger partial charge on any atom is 0.326 e. The number of amides is 2. The number of carboxylic acid groups (broad SMARTS) is 1.